The molecule has 4 N–H and O–H groups in total. The molecule has 0 aliphatic rings. The minimum absolute atomic E-state index is 0.208. The summed E-state index contributed by atoms with van der Waals surface area (Å²) in [6.45, 7) is 5.47. The highest BCUT2D eigenvalue weighted by Crippen LogP contribution is 2.17. The molecular formula is C27H28N4O4. The number of hydrogen-bond acceptors (Lipinski definition) is 4. The monoisotopic (exact) mass is 472 g/mol. The van der Waals surface area contributed by atoms with Crippen molar-refractivity contribution in [3.8, 4) is 0 Å². The van der Waals surface area contributed by atoms with Crippen molar-refractivity contribution in [2.75, 3.05) is 5.32 Å². The summed E-state index contributed by atoms with van der Waals surface area (Å²) < 4.78 is 0. The van der Waals surface area contributed by atoms with Crippen molar-refractivity contribution in [2.24, 2.45) is 5.92 Å². The molecule has 3 aromatic rings. The van der Waals surface area contributed by atoms with E-state index in [0.29, 0.717) is 16.8 Å². The van der Waals surface area contributed by atoms with Gasteiger partial charge in [-0.2, -0.15) is 0 Å². The maximum absolute atomic E-state index is 13.1. The van der Waals surface area contributed by atoms with Gasteiger partial charge < -0.3 is 10.6 Å². The molecule has 3 rings (SSSR count). The second kappa shape index (κ2) is 11.6. The maximum atomic E-state index is 13.1. The quantitative estimate of drug-likeness (QED) is 0.394. The SMILES string of the molecule is Cc1ccc(C(=O)Nc2ccccc2C(=O)N[C@@H](C(=O)NNC(=O)c2ccccc2)C(C)C)cc1. The third kappa shape index (κ3) is 6.77. The Morgan fingerprint density at radius 1 is 0.657 bits per heavy atom. The molecule has 0 aromatic heterocycles. The lowest BCUT2D eigenvalue weighted by molar-refractivity contribution is -0.124. The topological polar surface area (TPSA) is 116 Å². The Bertz CT molecular complexity index is 1210. The fourth-order valence-electron chi connectivity index (χ4n) is 3.30. The molecule has 0 aliphatic heterocycles. The van der Waals surface area contributed by atoms with Crippen molar-refractivity contribution in [2.45, 2.75) is 26.8 Å². The Morgan fingerprint density at radius 2 is 1.26 bits per heavy atom. The first kappa shape index (κ1) is 25.2. The van der Waals surface area contributed by atoms with Gasteiger partial charge in [0.2, 0.25) is 0 Å². The zero-order valence-electron chi connectivity index (χ0n) is 19.8. The van der Waals surface area contributed by atoms with Crippen LogP contribution in [0.15, 0.2) is 78.9 Å². The zero-order valence-corrected chi connectivity index (χ0v) is 19.8. The molecule has 0 saturated carbocycles. The van der Waals surface area contributed by atoms with Gasteiger partial charge in [-0.25, -0.2) is 0 Å². The molecule has 0 fully saturated rings. The molecule has 0 radical (unpaired) electrons. The smallest absolute Gasteiger partial charge is 0.269 e. The maximum Gasteiger partial charge on any atom is 0.269 e. The van der Waals surface area contributed by atoms with Gasteiger partial charge >= 0.3 is 0 Å². The number of nitrogens with one attached hydrogen (secondary N) is 4. The number of benzene rings is 3. The number of anilines is 1. The first-order chi connectivity index (χ1) is 16.8. The highest BCUT2D eigenvalue weighted by molar-refractivity contribution is 6.09. The summed E-state index contributed by atoms with van der Waals surface area (Å²) >= 11 is 0. The van der Waals surface area contributed by atoms with Gasteiger partial charge in [-0.1, -0.05) is 61.9 Å². The summed E-state index contributed by atoms with van der Waals surface area (Å²) in [5, 5.41) is 5.46. The van der Waals surface area contributed by atoms with E-state index < -0.39 is 23.8 Å². The first-order valence-corrected chi connectivity index (χ1v) is 11.2. The molecule has 1 atom stereocenters. The van der Waals surface area contributed by atoms with Crippen LogP contribution in [0.2, 0.25) is 0 Å². The summed E-state index contributed by atoms with van der Waals surface area (Å²) in [4.78, 5) is 50.7. The minimum Gasteiger partial charge on any atom is -0.340 e. The second-order valence-electron chi connectivity index (χ2n) is 8.37. The third-order valence-corrected chi connectivity index (χ3v) is 5.30. The van der Waals surface area contributed by atoms with Gasteiger partial charge in [0.15, 0.2) is 0 Å². The highest BCUT2D eigenvalue weighted by atomic mass is 16.2. The predicted molar refractivity (Wildman–Crippen MR) is 134 cm³/mol. The number of carbonyl (C=O) groups is 4. The van der Waals surface area contributed by atoms with E-state index in [1.54, 1.807) is 80.6 Å². The summed E-state index contributed by atoms with van der Waals surface area (Å²) in [6.07, 6.45) is 0. The molecule has 0 spiro atoms. The Labute approximate surface area is 204 Å². The van der Waals surface area contributed by atoms with Gasteiger partial charge in [0.25, 0.3) is 23.6 Å². The molecule has 180 valence electrons. The van der Waals surface area contributed by atoms with Gasteiger partial charge in [-0.3, -0.25) is 30.0 Å². The fourth-order valence-corrected chi connectivity index (χ4v) is 3.30. The van der Waals surface area contributed by atoms with Crippen LogP contribution in [0.4, 0.5) is 5.69 Å². The van der Waals surface area contributed by atoms with Crippen LogP contribution < -0.4 is 21.5 Å². The zero-order chi connectivity index (χ0) is 25.4. The number of hydrogen-bond donors (Lipinski definition) is 4. The van der Waals surface area contributed by atoms with E-state index in [2.05, 4.69) is 21.5 Å². The lowest BCUT2D eigenvalue weighted by Crippen LogP contribution is -2.54. The minimum atomic E-state index is -0.931. The molecule has 8 heteroatoms. The van der Waals surface area contributed by atoms with Crippen molar-refractivity contribution < 1.29 is 19.2 Å². The predicted octanol–water partition coefficient (Wildman–Crippen LogP) is 3.46. The normalized spacial score (nSPS) is 11.3. The molecule has 0 saturated heterocycles. The van der Waals surface area contributed by atoms with E-state index in [-0.39, 0.29) is 17.4 Å². The van der Waals surface area contributed by atoms with Gasteiger partial charge in [-0.05, 0) is 49.2 Å². The highest BCUT2D eigenvalue weighted by Gasteiger charge is 2.26. The summed E-state index contributed by atoms with van der Waals surface area (Å²) in [7, 11) is 0. The Balaban J connectivity index is 1.68. The van der Waals surface area contributed by atoms with Crippen LogP contribution in [-0.2, 0) is 4.79 Å². The van der Waals surface area contributed by atoms with Gasteiger partial charge in [0.05, 0.1) is 11.3 Å². The van der Waals surface area contributed by atoms with Gasteiger partial charge in [-0.15, -0.1) is 0 Å². The van der Waals surface area contributed by atoms with Crippen LogP contribution >= 0.6 is 0 Å². The number of aryl methyl sites for hydroxylation is 1. The number of para-hydroxylation sites is 1. The summed E-state index contributed by atoms with van der Waals surface area (Å²) in [6, 6.07) is 21.1. The average Bonchev–Trinajstić information content (AvgIpc) is 2.86. The van der Waals surface area contributed by atoms with Crippen LogP contribution in [0.1, 0.15) is 50.5 Å². The van der Waals surface area contributed by atoms with Gasteiger partial charge in [0.1, 0.15) is 6.04 Å². The van der Waals surface area contributed by atoms with E-state index in [0.717, 1.165) is 5.56 Å². The van der Waals surface area contributed by atoms with Crippen molar-refractivity contribution in [1.29, 1.82) is 0 Å². The number of hydrazine groups is 1. The molecule has 0 bridgehead atoms. The standard InChI is InChI=1S/C27H28N4O4/c1-17(2)23(27(35)31-30-25(33)19-9-5-4-6-10-19)29-26(34)21-11-7-8-12-22(21)28-24(32)20-15-13-18(3)14-16-20/h4-17,23H,1-3H3,(H,28,32)(H,29,34)(H,30,33)(H,31,35)/t23-/m1/s1. The molecule has 3 aromatic carbocycles. The van der Waals surface area contributed by atoms with Crippen LogP contribution in [0, 0.1) is 12.8 Å². The lowest BCUT2D eigenvalue weighted by Gasteiger charge is -2.22. The molecular weight excluding hydrogens is 444 g/mol. The van der Waals surface area contributed by atoms with Crippen molar-refractivity contribution >= 4 is 29.3 Å². The summed E-state index contributed by atoms with van der Waals surface area (Å²) in [5.41, 5.74) is 7.12. The molecule has 35 heavy (non-hydrogen) atoms. The van der Waals surface area contributed by atoms with Crippen molar-refractivity contribution in [1.82, 2.24) is 16.2 Å². The molecule has 0 heterocycles. The average molecular weight is 473 g/mol. The van der Waals surface area contributed by atoms with E-state index >= 15 is 0 Å². The van der Waals surface area contributed by atoms with Crippen molar-refractivity contribution in [3.05, 3.63) is 101 Å². The van der Waals surface area contributed by atoms with Crippen molar-refractivity contribution in [3.63, 3.8) is 0 Å². The molecule has 0 aliphatic carbocycles. The van der Waals surface area contributed by atoms with Crippen LogP contribution in [-0.4, -0.2) is 29.7 Å². The Kier molecular flexibility index (Phi) is 8.34. The van der Waals surface area contributed by atoms with E-state index in [9.17, 15) is 19.2 Å². The number of rotatable bonds is 7. The van der Waals surface area contributed by atoms with Crippen LogP contribution in [0.25, 0.3) is 0 Å². The first-order valence-electron chi connectivity index (χ1n) is 11.2. The van der Waals surface area contributed by atoms with Gasteiger partial charge in [0, 0.05) is 11.1 Å². The Morgan fingerprint density at radius 3 is 1.91 bits per heavy atom. The van der Waals surface area contributed by atoms with E-state index in [1.807, 2.05) is 19.1 Å². The fraction of sp³-hybridized carbons (Fsp3) is 0.185. The molecule has 0 unspecified atom stereocenters. The number of amides is 4. The Hall–Kier alpha value is -4.46. The largest absolute Gasteiger partial charge is 0.340 e. The second-order valence-corrected chi connectivity index (χ2v) is 8.37. The van der Waals surface area contributed by atoms with E-state index in [4.69, 9.17) is 0 Å². The van der Waals surface area contributed by atoms with Crippen LogP contribution in [0.5, 0.6) is 0 Å². The summed E-state index contributed by atoms with van der Waals surface area (Å²) in [5.74, 6) is -2.21. The van der Waals surface area contributed by atoms with Crippen LogP contribution in [0.3, 0.4) is 0 Å². The number of carbonyl (C=O) groups excluding carboxylic acids is 4. The van der Waals surface area contributed by atoms with E-state index in [1.165, 1.54) is 0 Å². The molecule has 8 nitrogen and oxygen atoms in total. The molecule has 4 amide bonds. The third-order valence-electron chi connectivity index (χ3n) is 5.30. The lowest BCUT2D eigenvalue weighted by atomic mass is 10.0.